The first kappa shape index (κ1) is 19.9. The molecule has 1 aliphatic heterocycles. The first-order valence-corrected chi connectivity index (χ1v) is 9.82. The quantitative estimate of drug-likeness (QED) is 0.814. The predicted octanol–water partition coefficient (Wildman–Crippen LogP) is 2.55. The maximum Gasteiger partial charge on any atom is 0.412 e. The second kappa shape index (κ2) is 7.44. The number of carbonyl (C=O) groups excluding carboxylic acids is 1. The Hall–Kier alpha value is -2.42. The van der Waals surface area contributed by atoms with Gasteiger partial charge in [0.2, 0.25) is 5.91 Å². The number of hydrogen-bond donors (Lipinski definition) is 2. The van der Waals surface area contributed by atoms with Crippen molar-refractivity contribution < 1.29 is 18.0 Å². The van der Waals surface area contributed by atoms with Crippen LogP contribution in [0, 0.1) is 18.8 Å². The minimum atomic E-state index is -4.75. The number of fused-ring (bicyclic) bond motifs is 1. The van der Waals surface area contributed by atoms with Crippen LogP contribution in [0.4, 0.5) is 18.9 Å². The summed E-state index contributed by atoms with van der Waals surface area (Å²) in [6.45, 7) is 3.16. The standard InChI is InChI=1S/C20H24F3N5O/c1-11-2-5-15(17-16(11)25-6-7-26-17)28-9-13(12-3-4-12)8-14(10-28)27-19(29)18(24)20(21,22)23/h2,5-7,12-14,18H,3-4,8-10,24H2,1H3,(H,27,29). The summed E-state index contributed by atoms with van der Waals surface area (Å²) in [6.07, 6.45) is 1.43. The van der Waals surface area contributed by atoms with Crippen molar-refractivity contribution >= 4 is 22.6 Å². The number of carbonyl (C=O) groups is 1. The number of aromatic nitrogens is 2. The van der Waals surface area contributed by atoms with Crippen LogP contribution in [0.25, 0.3) is 11.0 Å². The Morgan fingerprint density at radius 2 is 1.86 bits per heavy atom. The number of rotatable bonds is 4. The van der Waals surface area contributed by atoms with E-state index in [9.17, 15) is 18.0 Å². The Morgan fingerprint density at radius 1 is 1.17 bits per heavy atom. The van der Waals surface area contributed by atoms with Crippen molar-refractivity contribution in [3.05, 3.63) is 30.1 Å². The van der Waals surface area contributed by atoms with Gasteiger partial charge in [-0.25, -0.2) is 0 Å². The molecular weight excluding hydrogens is 383 g/mol. The van der Waals surface area contributed by atoms with Gasteiger partial charge in [0.15, 0.2) is 6.04 Å². The highest BCUT2D eigenvalue weighted by molar-refractivity contribution is 5.90. The van der Waals surface area contributed by atoms with Gasteiger partial charge in [0.25, 0.3) is 0 Å². The number of nitrogens with two attached hydrogens (primary N) is 1. The molecule has 1 aliphatic carbocycles. The van der Waals surface area contributed by atoms with Gasteiger partial charge in [-0.05, 0) is 49.7 Å². The minimum Gasteiger partial charge on any atom is -0.367 e. The largest absolute Gasteiger partial charge is 0.412 e. The molecule has 1 aromatic heterocycles. The van der Waals surface area contributed by atoms with Gasteiger partial charge in [-0.15, -0.1) is 0 Å². The average Bonchev–Trinajstić information content (AvgIpc) is 3.52. The molecule has 1 saturated heterocycles. The van der Waals surface area contributed by atoms with E-state index in [0.29, 0.717) is 24.8 Å². The first-order valence-electron chi connectivity index (χ1n) is 9.82. The molecule has 0 bridgehead atoms. The number of alkyl halides is 3. The zero-order valence-electron chi connectivity index (χ0n) is 16.1. The molecule has 0 radical (unpaired) electrons. The lowest BCUT2D eigenvalue weighted by molar-refractivity contribution is -0.163. The van der Waals surface area contributed by atoms with Crippen LogP contribution in [0.3, 0.4) is 0 Å². The number of benzene rings is 1. The molecule has 3 atom stereocenters. The van der Waals surface area contributed by atoms with Gasteiger partial charge in [0, 0.05) is 31.5 Å². The van der Waals surface area contributed by atoms with Gasteiger partial charge in [-0.3, -0.25) is 14.8 Å². The van der Waals surface area contributed by atoms with E-state index in [1.165, 1.54) is 0 Å². The molecule has 1 aromatic carbocycles. The van der Waals surface area contributed by atoms with E-state index in [2.05, 4.69) is 20.2 Å². The van der Waals surface area contributed by atoms with E-state index in [0.717, 1.165) is 41.7 Å². The van der Waals surface area contributed by atoms with Gasteiger partial charge < -0.3 is 16.0 Å². The third-order valence-corrected chi connectivity index (χ3v) is 5.90. The molecule has 4 rings (SSSR count). The van der Waals surface area contributed by atoms with Crippen LogP contribution in [0.2, 0.25) is 0 Å². The van der Waals surface area contributed by atoms with Gasteiger partial charge in [-0.1, -0.05) is 6.07 Å². The predicted molar refractivity (Wildman–Crippen MR) is 103 cm³/mol. The maximum atomic E-state index is 12.8. The number of aryl methyl sites for hydroxylation is 1. The van der Waals surface area contributed by atoms with E-state index in [1.54, 1.807) is 12.4 Å². The molecule has 29 heavy (non-hydrogen) atoms. The lowest BCUT2D eigenvalue weighted by atomic mass is 9.89. The summed E-state index contributed by atoms with van der Waals surface area (Å²) in [5.41, 5.74) is 8.55. The number of nitrogens with zero attached hydrogens (tertiary/aromatic N) is 3. The Bertz CT molecular complexity index is 915. The highest BCUT2D eigenvalue weighted by atomic mass is 19.4. The zero-order chi connectivity index (χ0) is 20.8. The number of halogens is 3. The van der Waals surface area contributed by atoms with Crippen LogP contribution in [-0.4, -0.2) is 47.2 Å². The van der Waals surface area contributed by atoms with Crippen LogP contribution in [0.5, 0.6) is 0 Å². The van der Waals surface area contributed by atoms with Crippen LogP contribution in [0.1, 0.15) is 24.8 Å². The van der Waals surface area contributed by atoms with Crippen LogP contribution in [0.15, 0.2) is 24.5 Å². The Labute approximate surface area is 166 Å². The molecule has 2 aliphatic rings. The topological polar surface area (TPSA) is 84.1 Å². The van der Waals surface area contributed by atoms with Crippen molar-refractivity contribution in [3.63, 3.8) is 0 Å². The van der Waals surface area contributed by atoms with E-state index < -0.39 is 24.2 Å². The minimum absolute atomic E-state index is 0.309. The van der Waals surface area contributed by atoms with Crippen molar-refractivity contribution in [2.45, 2.75) is 44.4 Å². The van der Waals surface area contributed by atoms with Crippen LogP contribution < -0.4 is 16.0 Å². The number of nitrogens with one attached hydrogen (secondary N) is 1. The van der Waals surface area contributed by atoms with E-state index >= 15 is 0 Å². The van der Waals surface area contributed by atoms with Crippen molar-refractivity contribution in [2.75, 3.05) is 18.0 Å². The summed E-state index contributed by atoms with van der Waals surface area (Å²) >= 11 is 0. The fraction of sp³-hybridized carbons (Fsp3) is 0.550. The molecular formula is C20H24F3N5O. The molecule has 0 spiro atoms. The fourth-order valence-corrected chi connectivity index (χ4v) is 4.22. The number of anilines is 1. The molecule has 2 fully saturated rings. The number of hydrogen-bond acceptors (Lipinski definition) is 5. The molecule has 3 N–H and O–H groups in total. The summed E-state index contributed by atoms with van der Waals surface area (Å²) in [6, 6.07) is 1.04. The molecule has 3 unspecified atom stereocenters. The summed E-state index contributed by atoms with van der Waals surface area (Å²) in [5.74, 6) is -0.312. The van der Waals surface area contributed by atoms with Crippen molar-refractivity contribution in [3.8, 4) is 0 Å². The molecule has 156 valence electrons. The third-order valence-electron chi connectivity index (χ3n) is 5.90. The van der Waals surface area contributed by atoms with Crippen molar-refractivity contribution in [2.24, 2.45) is 17.6 Å². The summed E-state index contributed by atoms with van der Waals surface area (Å²) < 4.78 is 38.4. The number of amides is 1. The maximum absolute atomic E-state index is 12.8. The summed E-state index contributed by atoms with van der Waals surface area (Å²) in [7, 11) is 0. The molecule has 6 nitrogen and oxygen atoms in total. The van der Waals surface area contributed by atoms with Crippen molar-refractivity contribution in [1.29, 1.82) is 0 Å². The zero-order valence-corrected chi connectivity index (χ0v) is 16.1. The van der Waals surface area contributed by atoms with Crippen molar-refractivity contribution in [1.82, 2.24) is 15.3 Å². The van der Waals surface area contributed by atoms with E-state index in [-0.39, 0.29) is 0 Å². The Balaban J connectivity index is 1.59. The lowest BCUT2D eigenvalue weighted by Gasteiger charge is -2.40. The van der Waals surface area contributed by atoms with Gasteiger partial charge in [0.1, 0.15) is 5.52 Å². The molecule has 9 heteroatoms. The highest BCUT2D eigenvalue weighted by Gasteiger charge is 2.44. The fourth-order valence-electron chi connectivity index (χ4n) is 4.22. The summed E-state index contributed by atoms with van der Waals surface area (Å²) in [5, 5.41) is 2.54. The highest BCUT2D eigenvalue weighted by Crippen LogP contribution is 2.42. The van der Waals surface area contributed by atoms with Gasteiger partial charge in [-0.2, -0.15) is 13.2 Å². The van der Waals surface area contributed by atoms with E-state index in [1.807, 2.05) is 19.1 Å². The Morgan fingerprint density at radius 3 is 2.52 bits per heavy atom. The second-order valence-corrected chi connectivity index (χ2v) is 8.12. The molecule has 2 aromatic rings. The molecule has 1 amide bonds. The molecule has 1 saturated carbocycles. The normalized spacial score (nSPS) is 23.8. The Kier molecular flexibility index (Phi) is 5.10. The monoisotopic (exact) mass is 407 g/mol. The molecule has 2 heterocycles. The second-order valence-electron chi connectivity index (χ2n) is 8.12. The average molecular weight is 407 g/mol. The van der Waals surface area contributed by atoms with Crippen LogP contribution in [-0.2, 0) is 4.79 Å². The van der Waals surface area contributed by atoms with Crippen LogP contribution >= 0.6 is 0 Å². The smallest absolute Gasteiger partial charge is 0.367 e. The number of piperidine rings is 1. The lowest BCUT2D eigenvalue weighted by Crippen LogP contribution is -2.57. The third kappa shape index (κ3) is 4.14. The SMILES string of the molecule is Cc1ccc(N2CC(NC(=O)C(N)C(F)(F)F)CC(C3CC3)C2)c2nccnc12. The first-order chi connectivity index (χ1) is 13.7. The van der Waals surface area contributed by atoms with Gasteiger partial charge >= 0.3 is 6.18 Å². The summed E-state index contributed by atoms with van der Waals surface area (Å²) in [4.78, 5) is 23.1. The van der Waals surface area contributed by atoms with E-state index in [4.69, 9.17) is 5.73 Å². The van der Waals surface area contributed by atoms with Gasteiger partial charge in [0.05, 0.1) is 11.2 Å².